The predicted octanol–water partition coefficient (Wildman–Crippen LogP) is 4.74. The maximum Gasteiger partial charge on any atom is 0.241 e. The summed E-state index contributed by atoms with van der Waals surface area (Å²) in [6, 6.07) is 10.8. The van der Waals surface area contributed by atoms with E-state index in [1.807, 2.05) is 0 Å². The lowest BCUT2D eigenvalue weighted by Gasteiger charge is -2.16. The average Bonchev–Trinajstić information content (AvgIpc) is 2.54. The molecule has 0 aromatic heterocycles. The van der Waals surface area contributed by atoms with Crippen LogP contribution in [0.3, 0.4) is 0 Å². The minimum Gasteiger partial charge on any atom is -0.326 e. The van der Waals surface area contributed by atoms with Gasteiger partial charge in [-0.3, -0.25) is 4.79 Å². The van der Waals surface area contributed by atoms with Crippen molar-refractivity contribution in [3.8, 4) is 0 Å². The Morgan fingerprint density at radius 2 is 1.69 bits per heavy atom. The van der Waals surface area contributed by atoms with Gasteiger partial charge >= 0.3 is 0 Å². The summed E-state index contributed by atoms with van der Waals surface area (Å²) >= 11 is 9.32. The van der Waals surface area contributed by atoms with Crippen molar-refractivity contribution in [3.05, 3.63) is 57.5 Å². The number of carbonyl (C=O) groups is 1. The Bertz CT molecular complexity index is 899. The molecule has 0 spiro atoms. The van der Waals surface area contributed by atoms with Gasteiger partial charge in [-0.05, 0) is 48.9 Å². The Balaban J connectivity index is 2.15. The van der Waals surface area contributed by atoms with Gasteiger partial charge in [0, 0.05) is 27.1 Å². The van der Waals surface area contributed by atoms with Crippen molar-refractivity contribution in [3.63, 3.8) is 0 Å². The maximum absolute atomic E-state index is 12.6. The van der Waals surface area contributed by atoms with Gasteiger partial charge in [0.15, 0.2) is 0 Å². The minimum absolute atomic E-state index is 0.122. The Kier molecular flexibility index (Phi) is 6.85. The summed E-state index contributed by atoms with van der Waals surface area (Å²) in [6.45, 7) is 5.32. The third-order valence-corrected chi connectivity index (χ3v) is 6.20. The molecular formula is C18H20BrClN2O3S. The molecule has 2 aromatic carbocycles. The van der Waals surface area contributed by atoms with Crippen LogP contribution < -0.4 is 10.0 Å². The van der Waals surface area contributed by atoms with Crippen molar-refractivity contribution in [2.75, 3.05) is 5.32 Å². The van der Waals surface area contributed by atoms with Gasteiger partial charge in [0.2, 0.25) is 15.9 Å². The highest BCUT2D eigenvalue weighted by Crippen LogP contribution is 2.27. The van der Waals surface area contributed by atoms with E-state index in [9.17, 15) is 13.2 Å². The molecule has 0 aliphatic heterocycles. The molecule has 0 saturated heterocycles. The first-order chi connectivity index (χ1) is 12.1. The quantitative estimate of drug-likeness (QED) is 0.655. The Labute approximate surface area is 167 Å². The molecule has 2 rings (SSSR count). The zero-order chi connectivity index (χ0) is 19.5. The van der Waals surface area contributed by atoms with E-state index in [4.69, 9.17) is 11.6 Å². The smallest absolute Gasteiger partial charge is 0.241 e. The molecule has 0 saturated carbocycles. The van der Waals surface area contributed by atoms with E-state index in [0.29, 0.717) is 10.7 Å². The van der Waals surface area contributed by atoms with Crippen LogP contribution in [-0.4, -0.2) is 14.3 Å². The van der Waals surface area contributed by atoms with Crippen molar-refractivity contribution in [1.82, 2.24) is 4.72 Å². The molecule has 8 heteroatoms. The number of halogens is 2. The second-order valence-corrected chi connectivity index (χ2v) is 9.18. The first kappa shape index (κ1) is 20.9. The number of hydrogen-bond donors (Lipinski definition) is 2. The van der Waals surface area contributed by atoms with Crippen LogP contribution in [0.4, 0.5) is 5.69 Å². The second kappa shape index (κ2) is 8.52. The van der Waals surface area contributed by atoms with E-state index in [1.165, 1.54) is 12.1 Å². The van der Waals surface area contributed by atoms with Gasteiger partial charge in [-0.1, -0.05) is 47.4 Å². The molecule has 0 heterocycles. The highest BCUT2D eigenvalue weighted by atomic mass is 79.9. The van der Waals surface area contributed by atoms with Crippen LogP contribution in [0.15, 0.2) is 51.8 Å². The summed E-state index contributed by atoms with van der Waals surface area (Å²) < 4.78 is 28.6. The largest absolute Gasteiger partial charge is 0.326 e. The van der Waals surface area contributed by atoms with Gasteiger partial charge in [-0.2, -0.15) is 0 Å². The van der Waals surface area contributed by atoms with Crippen molar-refractivity contribution < 1.29 is 13.2 Å². The van der Waals surface area contributed by atoms with E-state index in [0.717, 1.165) is 10.0 Å². The van der Waals surface area contributed by atoms with Crippen molar-refractivity contribution in [2.24, 2.45) is 5.92 Å². The van der Waals surface area contributed by atoms with Gasteiger partial charge in [-0.25, -0.2) is 13.1 Å². The van der Waals surface area contributed by atoms with Crippen LogP contribution in [0.25, 0.3) is 0 Å². The lowest BCUT2D eigenvalue weighted by molar-refractivity contribution is -0.118. The number of carbonyl (C=O) groups excluding carboxylic acids is 1. The predicted molar refractivity (Wildman–Crippen MR) is 108 cm³/mol. The molecule has 26 heavy (non-hydrogen) atoms. The van der Waals surface area contributed by atoms with E-state index in [2.05, 4.69) is 26.0 Å². The van der Waals surface area contributed by atoms with Gasteiger partial charge in [0.25, 0.3) is 0 Å². The molecule has 140 valence electrons. The molecule has 0 unspecified atom stereocenters. The Hall–Kier alpha value is -1.41. The van der Waals surface area contributed by atoms with Crippen molar-refractivity contribution >= 4 is 49.1 Å². The lowest BCUT2D eigenvalue weighted by atomic mass is 10.1. The van der Waals surface area contributed by atoms with Crippen LogP contribution in [-0.2, 0) is 14.8 Å². The van der Waals surface area contributed by atoms with Crippen molar-refractivity contribution in [2.45, 2.75) is 31.7 Å². The van der Waals surface area contributed by atoms with Gasteiger partial charge in [0.1, 0.15) is 0 Å². The monoisotopic (exact) mass is 458 g/mol. The summed E-state index contributed by atoms with van der Waals surface area (Å²) in [5.74, 6) is -0.279. The number of amides is 1. The zero-order valence-corrected chi connectivity index (χ0v) is 17.7. The fourth-order valence-electron chi connectivity index (χ4n) is 2.22. The number of anilines is 1. The Morgan fingerprint density at radius 3 is 2.23 bits per heavy atom. The highest BCUT2D eigenvalue weighted by Gasteiger charge is 2.20. The molecule has 2 N–H and O–H groups in total. The molecule has 1 amide bonds. The summed E-state index contributed by atoms with van der Waals surface area (Å²) in [7, 11) is -3.71. The van der Waals surface area contributed by atoms with Crippen LogP contribution in [0.5, 0.6) is 0 Å². The third kappa shape index (κ3) is 5.30. The molecule has 0 bridgehead atoms. The van der Waals surface area contributed by atoms with Crippen LogP contribution in [0, 0.1) is 5.92 Å². The summed E-state index contributed by atoms with van der Waals surface area (Å²) in [5.41, 5.74) is 1.33. The third-order valence-electron chi connectivity index (χ3n) is 3.72. The first-order valence-corrected chi connectivity index (χ1v) is 10.6. The minimum atomic E-state index is -3.71. The maximum atomic E-state index is 12.6. The molecule has 0 aliphatic rings. The van der Waals surface area contributed by atoms with E-state index in [-0.39, 0.29) is 16.7 Å². The standard InChI is InChI=1S/C18H20BrClN2O3S/c1-11(2)18(23)21-14-5-7-15(8-6-14)26(24,25)22-12(3)16-9-4-13(20)10-17(16)19/h4-12,22H,1-3H3,(H,21,23)/t12-/m0/s1. The van der Waals surface area contributed by atoms with E-state index < -0.39 is 16.1 Å². The Morgan fingerprint density at radius 1 is 1.08 bits per heavy atom. The zero-order valence-electron chi connectivity index (χ0n) is 14.6. The van der Waals surface area contributed by atoms with Gasteiger partial charge in [0.05, 0.1) is 4.90 Å². The van der Waals surface area contributed by atoms with Gasteiger partial charge in [-0.15, -0.1) is 0 Å². The fraction of sp³-hybridized carbons (Fsp3) is 0.278. The topological polar surface area (TPSA) is 75.3 Å². The highest BCUT2D eigenvalue weighted by molar-refractivity contribution is 9.10. The SMILES string of the molecule is CC(C)C(=O)Nc1ccc(S(=O)(=O)N[C@@H](C)c2ccc(Cl)cc2Br)cc1. The second-order valence-electron chi connectivity index (χ2n) is 6.18. The molecule has 0 aliphatic carbocycles. The molecular weight excluding hydrogens is 440 g/mol. The van der Waals surface area contributed by atoms with E-state index >= 15 is 0 Å². The summed E-state index contributed by atoms with van der Waals surface area (Å²) in [4.78, 5) is 11.8. The number of benzene rings is 2. The fourth-order valence-corrected chi connectivity index (χ4v) is 4.47. The molecule has 0 radical (unpaired) electrons. The van der Waals surface area contributed by atoms with Crippen LogP contribution in [0.1, 0.15) is 32.4 Å². The summed E-state index contributed by atoms with van der Waals surface area (Å²) in [6.07, 6.45) is 0. The number of sulfonamides is 1. The first-order valence-electron chi connectivity index (χ1n) is 7.98. The summed E-state index contributed by atoms with van der Waals surface area (Å²) in [5, 5.41) is 3.29. The van der Waals surface area contributed by atoms with E-state index in [1.54, 1.807) is 51.1 Å². The average molecular weight is 460 g/mol. The van der Waals surface area contributed by atoms with Crippen LogP contribution >= 0.6 is 27.5 Å². The number of nitrogens with one attached hydrogen (secondary N) is 2. The van der Waals surface area contributed by atoms with Crippen molar-refractivity contribution in [1.29, 1.82) is 0 Å². The van der Waals surface area contributed by atoms with Crippen LogP contribution in [0.2, 0.25) is 5.02 Å². The number of rotatable bonds is 6. The molecule has 1 atom stereocenters. The van der Waals surface area contributed by atoms with Gasteiger partial charge < -0.3 is 5.32 Å². The molecule has 0 fully saturated rings. The molecule has 5 nitrogen and oxygen atoms in total. The normalized spacial score (nSPS) is 12.8. The molecule has 2 aromatic rings. The number of hydrogen-bond acceptors (Lipinski definition) is 3. The lowest BCUT2D eigenvalue weighted by Crippen LogP contribution is -2.27.